The van der Waals surface area contributed by atoms with Gasteiger partial charge in [-0.3, -0.25) is 0 Å². The molecule has 0 aromatic carbocycles. The maximum absolute atomic E-state index is 12.0. The first-order valence-electron chi connectivity index (χ1n) is 6.47. The van der Waals surface area contributed by atoms with E-state index in [2.05, 4.69) is 17.0 Å². The molecule has 0 aromatic rings. The fourth-order valence-corrected chi connectivity index (χ4v) is 3.71. The summed E-state index contributed by atoms with van der Waals surface area (Å²) in [6.45, 7) is 5.84. The van der Waals surface area contributed by atoms with Gasteiger partial charge in [0.15, 0.2) is 0 Å². The molecule has 1 rings (SSSR count). The van der Waals surface area contributed by atoms with Gasteiger partial charge in [-0.05, 0) is 25.8 Å². The lowest BCUT2D eigenvalue weighted by molar-refractivity contribution is 0.207. The Morgan fingerprint density at radius 3 is 2.59 bits per heavy atom. The Labute approximate surface area is 105 Å². The molecule has 0 amide bonds. The van der Waals surface area contributed by atoms with Gasteiger partial charge in [0.25, 0.3) is 10.2 Å². The van der Waals surface area contributed by atoms with Crippen LogP contribution in [-0.4, -0.2) is 45.4 Å². The molecule has 0 spiro atoms. The molecule has 0 saturated carbocycles. The minimum Gasteiger partial charge on any atom is -0.317 e. The van der Waals surface area contributed by atoms with Crippen LogP contribution >= 0.6 is 0 Å². The first kappa shape index (κ1) is 14.9. The average Bonchev–Trinajstić information content (AvgIpc) is 2.35. The smallest absolute Gasteiger partial charge is 0.279 e. The second-order valence-electron chi connectivity index (χ2n) is 4.61. The van der Waals surface area contributed by atoms with E-state index in [1.165, 1.54) is 0 Å². The van der Waals surface area contributed by atoms with E-state index in [-0.39, 0.29) is 0 Å². The Hall–Kier alpha value is -0.170. The van der Waals surface area contributed by atoms with Gasteiger partial charge >= 0.3 is 0 Å². The van der Waals surface area contributed by atoms with Gasteiger partial charge in [0.2, 0.25) is 0 Å². The molecule has 0 radical (unpaired) electrons. The zero-order valence-electron chi connectivity index (χ0n) is 11.1. The van der Waals surface area contributed by atoms with Gasteiger partial charge in [0, 0.05) is 25.7 Å². The summed E-state index contributed by atoms with van der Waals surface area (Å²) in [7, 11) is -1.31. The van der Waals surface area contributed by atoms with Crippen LogP contribution in [0.4, 0.5) is 0 Å². The van der Waals surface area contributed by atoms with E-state index in [9.17, 15) is 8.42 Å². The van der Waals surface area contributed by atoms with Crippen LogP contribution in [0, 0.1) is 5.92 Å². The molecule has 1 aliphatic heterocycles. The van der Waals surface area contributed by atoms with E-state index < -0.39 is 10.2 Å². The van der Waals surface area contributed by atoms with Crippen LogP contribution in [0.5, 0.6) is 0 Å². The molecule has 6 heteroatoms. The molecule has 0 aromatic heterocycles. The van der Waals surface area contributed by atoms with Gasteiger partial charge in [-0.25, -0.2) is 4.72 Å². The second kappa shape index (κ2) is 6.68. The van der Waals surface area contributed by atoms with Crippen molar-refractivity contribution >= 4 is 10.2 Å². The van der Waals surface area contributed by atoms with Crippen LogP contribution in [-0.2, 0) is 10.2 Å². The fourth-order valence-electron chi connectivity index (χ4n) is 2.33. The lowest BCUT2D eigenvalue weighted by atomic mass is 9.91. The van der Waals surface area contributed by atoms with Crippen LogP contribution in [0.2, 0.25) is 0 Å². The van der Waals surface area contributed by atoms with Crippen LogP contribution in [0.15, 0.2) is 0 Å². The van der Waals surface area contributed by atoms with E-state index in [0.717, 1.165) is 19.3 Å². The molecule has 1 aliphatic rings. The highest BCUT2D eigenvalue weighted by molar-refractivity contribution is 7.87. The van der Waals surface area contributed by atoms with Crippen LogP contribution in [0.25, 0.3) is 0 Å². The molecule has 0 bridgehead atoms. The van der Waals surface area contributed by atoms with E-state index in [0.29, 0.717) is 31.6 Å². The summed E-state index contributed by atoms with van der Waals surface area (Å²) in [5.74, 6) is 0.409. The highest BCUT2D eigenvalue weighted by Gasteiger charge is 2.32. The molecule has 0 aliphatic carbocycles. The number of hydrogen-bond donors (Lipinski definition) is 2. The molecule has 17 heavy (non-hydrogen) atoms. The summed E-state index contributed by atoms with van der Waals surface area (Å²) >= 11 is 0. The third kappa shape index (κ3) is 3.91. The topological polar surface area (TPSA) is 61.4 Å². The minimum absolute atomic E-state index is 0.409. The van der Waals surface area contributed by atoms with Gasteiger partial charge in [-0.1, -0.05) is 20.3 Å². The predicted molar refractivity (Wildman–Crippen MR) is 70.0 cm³/mol. The summed E-state index contributed by atoms with van der Waals surface area (Å²) < 4.78 is 28.2. The van der Waals surface area contributed by atoms with Crippen molar-refractivity contribution in [2.45, 2.75) is 39.2 Å². The lowest BCUT2D eigenvalue weighted by Gasteiger charge is -2.37. The van der Waals surface area contributed by atoms with Crippen molar-refractivity contribution in [2.24, 2.45) is 5.92 Å². The average molecular weight is 263 g/mol. The second-order valence-corrected chi connectivity index (χ2v) is 6.36. The van der Waals surface area contributed by atoms with E-state index in [4.69, 9.17) is 0 Å². The third-order valence-corrected chi connectivity index (χ3v) is 5.05. The van der Waals surface area contributed by atoms with E-state index in [1.807, 2.05) is 14.0 Å². The standard InChI is InChI=1S/C11H25N3O2S/c1-4-7-13-17(15,16)14-8-6-11(12-3)10(5-2)9-14/h10-13H,4-9H2,1-3H3. The molecule has 102 valence electrons. The predicted octanol–water partition coefficient (Wildman–Crippen LogP) is 0.551. The Morgan fingerprint density at radius 1 is 1.35 bits per heavy atom. The maximum Gasteiger partial charge on any atom is 0.279 e. The molecule has 1 fully saturated rings. The normalized spacial score (nSPS) is 27.2. The Balaban J connectivity index is 2.62. The molecule has 1 saturated heterocycles. The van der Waals surface area contributed by atoms with Gasteiger partial charge in [-0.15, -0.1) is 0 Å². The van der Waals surface area contributed by atoms with Crippen LogP contribution in [0.3, 0.4) is 0 Å². The summed E-state index contributed by atoms with van der Waals surface area (Å²) in [5, 5.41) is 3.28. The van der Waals surface area contributed by atoms with E-state index >= 15 is 0 Å². The molecule has 2 unspecified atom stereocenters. The maximum atomic E-state index is 12.0. The highest BCUT2D eigenvalue weighted by atomic mass is 32.2. The third-order valence-electron chi connectivity index (χ3n) is 3.47. The largest absolute Gasteiger partial charge is 0.317 e. The molecule has 1 heterocycles. The number of hydrogen-bond acceptors (Lipinski definition) is 3. The van der Waals surface area contributed by atoms with Crippen molar-refractivity contribution in [3.63, 3.8) is 0 Å². The highest BCUT2D eigenvalue weighted by Crippen LogP contribution is 2.21. The van der Waals surface area contributed by atoms with Gasteiger partial charge in [-0.2, -0.15) is 12.7 Å². The SMILES string of the molecule is CCCNS(=O)(=O)N1CCC(NC)C(CC)C1. The first-order valence-corrected chi connectivity index (χ1v) is 7.91. The van der Waals surface area contributed by atoms with Crippen molar-refractivity contribution in [3.8, 4) is 0 Å². The van der Waals surface area contributed by atoms with Crippen molar-refractivity contribution in [1.29, 1.82) is 0 Å². The molecular formula is C11H25N3O2S. The molecular weight excluding hydrogens is 238 g/mol. The zero-order valence-corrected chi connectivity index (χ0v) is 11.9. The molecule has 5 nitrogen and oxygen atoms in total. The number of rotatable bonds is 6. The Bertz CT molecular complexity index is 319. The zero-order chi connectivity index (χ0) is 12.9. The Kier molecular flexibility index (Phi) is 5.85. The van der Waals surface area contributed by atoms with E-state index in [1.54, 1.807) is 4.31 Å². The summed E-state index contributed by atoms with van der Waals surface area (Å²) in [6, 6.07) is 0.442. The quantitative estimate of drug-likeness (QED) is 0.736. The summed E-state index contributed by atoms with van der Waals surface area (Å²) in [5.41, 5.74) is 0. The molecule has 2 N–H and O–H groups in total. The number of nitrogens with zero attached hydrogens (tertiary/aromatic N) is 1. The molecule has 2 atom stereocenters. The minimum atomic E-state index is -3.26. The lowest BCUT2D eigenvalue weighted by Crippen LogP contribution is -2.52. The fraction of sp³-hybridized carbons (Fsp3) is 1.00. The number of nitrogens with one attached hydrogen (secondary N) is 2. The van der Waals surface area contributed by atoms with Gasteiger partial charge < -0.3 is 5.32 Å². The van der Waals surface area contributed by atoms with Gasteiger partial charge in [0.05, 0.1) is 0 Å². The van der Waals surface area contributed by atoms with Crippen molar-refractivity contribution in [1.82, 2.24) is 14.3 Å². The van der Waals surface area contributed by atoms with Crippen LogP contribution < -0.4 is 10.0 Å². The van der Waals surface area contributed by atoms with Crippen LogP contribution in [0.1, 0.15) is 33.1 Å². The first-order chi connectivity index (χ1) is 8.05. The van der Waals surface area contributed by atoms with Crippen molar-refractivity contribution < 1.29 is 8.42 Å². The number of piperidine rings is 1. The van der Waals surface area contributed by atoms with Crippen molar-refractivity contribution in [3.05, 3.63) is 0 Å². The van der Waals surface area contributed by atoms with Crippen molar-refractivity contribution in [2.75, 3.05) is 26.7 Å². The monoisotopic (exact) mass is 263 g/mol. The summed E-state index contributed by atoms with van der Waals surface area (Å²) in [4.78, 5) is 0. The summed E-state index contributed by atoms with van der Waals surface area (Å²) in [6.07, 6.45) is 2.72. The van der Waals surface area contributed by atoms with Gasteiger partial charge in [0.1, 0.15) is 0 Å². The Morgan fingerprint density at radius 2 is 2.06 bits per heavy atom.